The van der Waals surface area contributed by atoms with Crippen LogP contribution in [0.3, 0.4) is 0 Å². The molecule has 1 rings (SSSR count). The first-order chi connectivity index (χ1) is 8.76. The van der Waals surface area contributed by atoms with E-state index in [-0.39, 0.29) is 6.61 Å². The van der Waals surface area contributed by atoms with Crippen LogP contribution >= 0.6 is 0 Å². The fraction of sp³-hybridized carbons (Fsp3) is 1.00. The Morgan fingerprint density at radius 1 is 1.39 bits per heavy atom. The first-order valence-corrected chi connectivity index (χ1v) is 6.84. The van der Waals surface area contributed by atoms with Crippen molar-refractivity contribution in [1.82, 2.24) is 4.90 Å². The SMILES string of the molecule is COCCOCC(O)CN1CCCC(CCO)C1. The molecule has 2 N–H and O–H groups in total. The Balaban J connectivity index is 2.12. The van der Waals surface area contributed by atoms with Crippen LogP contribution in [0.4, 0.5) is 0 Å². The minimum Gasteiger partial charge on any atom is -0.396 e. The molecule has 108 valence electrons. The number of β-amino-alcohol motifs (C(OH)–C–C–N with tert-alkyl or cyclic N) is 1. The van der Waals surface area contributed by atoms with Gasteiger partial charge in [-0.2, -0.15) is 0 Å². The largest absolute Gasteiger partial charge is 0.396 e. The molecule has 0 aromatic heterocycles. The van der Waals surface area contributed by atoms with Crippen molar-refractivity contribution in [3.05, 3.63) is 0 Å². The van der Waals surface area contributed by atoms with Crippen molar-refractivity contribution in [3.63, 3.8) is 0 Å². The predicted molar refractivity (Wildman–Crippen MR) is 69.6 cm³/mol. The zero-order chi connectivity index (χ0) is 13.2. The quantitative estimate of drug-likeness (QED) is 0.577. The predicted octanol–water partition coefficient (Wildman–Crippen LogP) is 0.105. The van der Waals surface area contributed by atoms with Crippen molar-refractivity contribution in [2.45, 2.75) is 25.4 Å². The first kappa shape index (κ1) is 15.9. The van der Waals surface area contributed by atoms with Gasteiger partial charge in [0.1, 0.15) is 0 Å². The zero-order valence-electron chi connectivity index (χ0n) is 11.4. The zero-order valence-corrected chi connectivity index (χ0v) is 11.4. The average Bonchev–Trinajstić information content (AvgIpc) is 2.35. The van der Waals surface area contributed by atoms with Gasteiger partial charge in [-0.25, -0.2) is 0 Å². The third-order valence-corrected chi connectivity index (χ3v) is 3.35. The molecule has 2 atom stereocenters. The van der Waals surface area contributed by atoms with Gasteiger partial charge < -0.3 is 24.6 Å². The van der Waals surface area contributed by atoms with Crippen molar-refractivity contribution >= 4 is 0 Å². The maximum Gasteiger partial charge on any atom is 0.0900 e. The summed E-state index contributed by atoms with van der Waals surface area (Å²) < 4.78 is 10.2. The van der Waals surface area contributed by atoms with Crippen LogP contribution in [0, 0.1) is 5.92 Å². The Morgan fingerprint density at radius 3 is 2.94 bits per heavy atom. The molecule has 1 aliphatic heterocycles. The second-order valence-corrected chi connectivity index (χ2v) is 5.00. The van der Waals surface area contributed by atoms with Gasteiger partial charge in [0.05, 0.1) is 25.9 Å². The first-order valence-electron chi connectivity index (χ1n) is 6.84. The summed E-state index contributed by atoms with van der Waals surface area (Å²) in [6, 6.07) is 0. The third kappa shape index (κ3) is 6.66. The highest BCUT2D eigenvalue weighted by Crippen LogP contribution is 2.19. The number of methoxy groups -OCH3 is 1. The highest BCUT2D eigenvalue weighted by molar-refractivity contribution is 4.74. The average molecular weight is 261 g/mol. The number of hydrogen-bond acceptors (Lipinski definition) is 5. The number of likely N-dealkylation sites (tertiary alicyclic amines) is 1. The topological polar surface area (TPSA) is 62.2 Å². The van der Waals surface area contributed by atoms with E-state index < -0.39 is 6.10 Å². The number of aliphatic hydroxyl groups is 2. The lowest BCUT2D eigenvalue weighted by Crippen LogP contribution is -2.41. The monoisotopic (exact) mass is 261 g/mol. The van der Waals surface area contributed by atoms with Crippen LogP contribution in [0.25, 0.3) is 0 Å². The molecule has 5 heteroatoms. The van der Waals surface area contributed by atoms with E-state index in [1.807, 2.05) is 0 Å². The van der Waals surface area contributed by atoms with E-state index in [0.717, 1.165) is 25.9 Å². The normalized spacial score (nSPS) is 23.2. The molecule has 5 nitrogen and oxygen atoms in total. The summed E-state index contributed by atoms with van der Waals surface area (Å²) in [6.45, 7) is 4.41. The van der Waals surface area contributed by atoms with Gasteiger partial charge in [0.15, 0.2) is 0 Å². The van der Waals surface area contributed by atoms with E-state index >= 15 is 0 Å². The van der Waals surface area contributed by atoms with Gasteiger partial charge >= 0.3 is 0 Å². The second-order valence-electron chi connectivity index (χ2n) is 5.00. The lowest BCUT2D eigenvalue weighted by atomic mass is 9.95. The molecule has 1 saturated heterocycles. The van der Waals surface area contributed by atoms with Gasteiger partial charge in [-0.3, -0.25) is 0 Å². The number of rotatable bonds is 9. The molecule has 0 spiro atoms. The van der Waals surface area contributed by atoms with Crippen LogP contribution in [-0.4, -0.2) is 74.4 Å². The molecule has 1 fully saturated rings. The van der Waals surface area contributed by atoms with Gasteiger partial charge in [0.25, 0.3) is 0 Å². The molecule has 0 bridgehead atoms. The summed E-state index contributed by atoms with van der Waals surface area (Å²) in [5.74, 6) is 0.574. The van der Waals surface area contributed by atoms with Crippen molar-refractivity contribution in [2.24, 2.45) is 5.92 Å². The summed E-state index contributed by atoms with van der Waals surface area (Å²) in [6.07, 6.45) is 2.78. The molecule has 2 unspecified atom stereocenters. The Kier molecular flexibility index (Phi) is 8.54. The molecule has 0 amide bonds. The second kappa shape index (κ2) is 9.69. The highest BCUT2D eigenvalue weighted by Gasteiger charge is 2.21. The molecular weight excluding hydrogens is 234 g/mol. The van der Waals surface area contributed by atoms with Crippen LogP contribution in [0.1, 0.15) is 19.3 Å². The molecule has 1 aliphatic rings. The van der Waals surface area contributed by atoms with E-state index in [1.165, 1.54) is 6.42 Å². The smallest absolute Gasteiger partial charge is 0.0900 e. The van der Waals surface area contributed by atoms with Crippen LogP contribution in [0.15, 0.2) is 0 Å². The number of aliphatic hydroxyl groups excluding tert-OH is 2. The molecule has 0 saturated carbocycles. The maximum atomic E-state index is 9.86. The van der Waals surface area contributed by atoms with E-state index in [4.69, 9.17) is 14.6 Å². The Bertz CT molecular complexity index is 201. The van der Waals surface area contributed by atoms with Gasteiger partial charge in [-0.05, 0) is 31.7 Å². The summed E-state index contributed by atoms with van der Waals surface area (Å²) in [4.78, 5) is 2.27. The lowest BCUT2D eigenvalue weighted by Gasteiger charge is -2.33. The number of ether oxygens (including phenoxy) is 2. The van der Waals surface area contributed by atoms with Crippen molar-refractivity contribution in [3.8, 4) is 0 Å². The number of piperidine rings is 1. The summed E-state index contributed by atoms with van der Waals surface area (Å²) >= 11 is 0. The molecule has 0 radical (unpaired) electrons. The number of nitrogens with zero attached hydrogens (tertiary/aromatic N) is 1. The molecule has 1 heterocycles. The number of hydrogen-bond donors (Lipinski definition) is 2. The van der Waals surface area contributed by atoms with Crippen LogP contribution in [-0.2, 0) is 9.47 Å². The van der Waals surface area contributed by atoms with Gasteiger partial charge in [0, 0.05) is 26.8 Å². The Labute approximate surface area is 110 Å². The molecular formula is C13H27NO4. The molecule has 0 aromatic carbocycles. The van der Waals surface area contributed by atoms with Gasteiger partial charge in [0.2, 0.25) is 0 Å². The summed E-state index contributed by atoms with van der Waals surface area (Å²) in [5, 5.41) is 18.8. The van der Waals surface area contributed by atoms with Crippen molar-refractivity contribution < 1.29 is 19.7 Å². The fourth-order valence-corrected chi connectivity index (χ4v) is 2.45. The third-order valence-electron chi connectivity index (χ3n) is 3.35. The van der Waals surface area contributed by atoms with Gasteiger partial charge in [-0.1, -0.05) is 0 Å². The Hall–Kier alpha value is -0.200. The fourth-order valence-electron chi connectivity index (χ4n) is 2.45. The minimum absolute atomic E-state index is 0.265. The Morgan fingerprint density at radius 2 is 2.22 bits per heavy atom. The van der Waals surface area contributed by atoms with Crippen LogP contribution in [0.2, 0.25) is 0 Å². The standard InChI is InChI=1S/C13H27NO4/c1-17-7-8-18-11-13(16)10-14-5-2-3-12(9-14)4-6-15/h12-13,15-16H,2-11H2,1H3. The molecule has 18 heavy (non-hydrogen) atoms. The summed E-state index contributed by atoms with van der Waals surface area (Å²) in [5.41, 5.74) is 0. The van der Waals surface area contributed by atoms with E-state index in [0.29, 0.717) is 32.3 Å². The lowest BCUT2D eigenvalue weighted by molar-refractivity contribution is -0.00648. The van der Waals surface area contributed by atoms with E-state index in [9.17, 15) is 5.11 Å². The molecule has 0 aromatic rings. The van der Waals surface area contributed by atoms with Crippen LogP contribution < -0.4 is 0 Å². The summed E-state index contributed by atoms with van der Waals surface area (Å²) in [7, 11) is 1.63. The van der Waals surface area contributed by atoms with Crippen LogP contribution in [0.5, 0.6) is 0 Å². The van der Waals surface area contributed by atoms with Crippen molar-refractivity contribution in [1.29, 1.82) is 0 Å². The van der Waals surface area contributed by atoms with Crippen molar-refractivity contribution in [2.75, 3.05) is 53.2 Å². The van der Waals surface area contributed by atoms with Gasteiger partial charge in [-0.15, -0.1) is 0 Å². The highest BCUT2D eigenvalue weighted by atomic mass is 16.5. The minimum atomic E-state index is -0.435. The van der Waals surface area contributed by atoms with E-state index in [1.54, 1.807) is 7.11 Å². The maximum absolute atomic E-state index is 9.86. The molecule has 0 aliphatic carbocycles. The van der Waals surface area contributed by atoms with E-state index in [2.05, 4.69) is 4.90 Å².